The highest BCUT2D eigenvalue weighted by atomic mass is 19.4. The fraction of sp³-hybridized carbons (Fsp3) is 0.630. The number of carbonyl (C=O) groups is 4. The lowest BCUT2D eigenvalue weighted by Crippen LogP contribution is -2.62. The highest BCUT2D eigenvalue weighted by Gasteiger charge is 2.55. The lowest BCUT2D eigenvalue weighted by molar-refractivity contribution is -0.155. The average Bonchev–Trinajstić information content (AvgIpc) is 4.02. The van der Waals surface area contributed by atoms with Crippen LogP contribution in [0.1, 0.15) is 115 Å². The van der Waals surface area contributed by atoms with Gasteiger partial charge in [0, 0.05) is 77.7 Å². The Labute approximate surface area is 418 Å². The standard InChI is InChI=1S/C54H68F3N9O6/c1-31(2)42-36(11-7-19-58-42)46-38-25-52(3,4)30-72-51(70)39-12-8-20-66(62-39)49(68)40(24-35-26-71-48(59-35)34-15-16-41(37(38)23-34)65(46)29-54(55,56)57)60-47(67)45(33-9-5-6-10-33)63-21-17-53(27-63)18-22-64(28-53)50(69)44-43(61-44)32-13-14-32/h7,11,15-16,19,23,26,31-33,39-40,43-45,61-62H,5-6,8-10,12-14,17-18,20-22,24-25,27-30H2,1-4H3,(H,60,67)/t39-,40-,43+,44+,45-,53-/m0/s1. The molecule has 18 heteroatoms. The van der Waals surface area contributed by atoms with Crippen LogP contribution in [0.5, 0.6) is 0 Å². The second-order valence-corrected chi connectivity index (χ2v) is 23.3. The van der Waals surface area contributed by atoms with E-state index in [-0.39, 0.29) is 60.4 Å². The summed E-state index contributed by atoms with van der Waals surface area (Å²) in [6.45, 7) is 9.59. The van der Waals surface area contributed by atoms with Gasteiger partial charge >= 0.3 is 12.1 Å². The molecule has 4 saturated heterocycles. The Morgan fingerprint density at radius 1 is 0.986 bits per heavy atom. The first kappa shape index (κ1) is 48.9. The summed E-state index contributed by atoms with van der Waals surface area (Å²) in [6.07, 6.45) is 7.69. The molecular formula is C54H68F3N9O6. The van der Waals surface area contributed by atoms with Gasteiger partial charge in [0.25, 0.3) is 5.91 Å². The van der Waals surface area contributed by atoms with Crippen molar-refractivity contribution < 1.29 is 41.5 Å². The van der Waals surface area contributed by atoms with Crippen LogP contribution in [-0.2, 0) is 43.3 Å². The number of rotatable bonds is 9. The number of amides is 3. The van der Waals surface area contributed by atoms with Crippen LogP contribution < -0.4 is 16.1 Å². The predicted molar refractivity (Wildman–Crippen MR) is 262 cm³/mol. The van der Waals surface area contributed by atoms with Gasteiger partial charge in [0.15, 0.2) is 0 Å². The van der Waals surface area contributed by atoms with Crippen LogP contribution in [0, 0.1) is 22.7 Å². The number of cyclic esters (lactones) is 1. The van der Waals surface area contributed by atoms with Gasteiger partial charge in [-0.05, 0) is 118 Å². The van der Waals surface area contributed by atoms with E-state index in [4.69, 9.17) is 14.1 Å². The number of nitrogens with zero attached hydrogens (tertiary/aromatic N) is 6. The molecule has 72 heavy (non-hydrogen) atoms. The van der Waals surface area contributed by atoms with Crippen molar-refractivity contribution in [2.24, 2.45) is 22.7 Å². The molecule has 0 unspecified atom stereocenters. The van der Waals surface area contributed by atoms with Crippen molar-refractivity contribution in [2.45, 2.75) is 154 Å². The molecule has 4 aromatic rings. The van der Waals surface area contributed by atoms with Crippen LogP contribution in [0.2, 0.25) is 0 Å². The minimum Gasteiger partial charge on any atom is -0.464 e. The number of oxazole rings is 1. The number of pyridine rings is 1. The van der Waals surface area contributed by atoms with Gasteiger partial charge in [-0.1, -0.05) is 40.5 Å². The van der Waals surface area contributed by atoms with Crippen molar-refractivity contribution in [1.29, 1.82) is 0 Å². The number of aromatic nitrogens is 3. The van der Waals surface area contributed by atoms with Crippen LogP contribution >= 0.6 is 0 Å². The molecule has 0 radical (unpaired) electrons. The lowest BCUT2D eigenvalue weighted by atomic mass is 9.84. The molecule has 3 N–H and O–H groups in total. The minimum absolute atomic E-state index is 0.0242. The molecule has 6 fully saturated rings. The van der Waals surface area contributed by atoms with Crippen molar-refractivity contribution in [2.75, 3.05) is 39.3 Å². The monoisotopic (exact) mass is 996 g/mol. The Morgan fingerprint density at radius 3 is 2.54 bits per heavy atom. The summed E-state index contributed by atoms with van der Waals surface area (Å²) in [7, 11) is 0. The summed E-state index contributed by atoms with van der Waals surface area (Å²) < 4.78 is 57.6. The molecule has 11 rings (SSSR count). The van der Waals surface area contributed by atoms with E-state index in [0.29, 0.717) is 89.1 Å². The lowest BCUT2D eigenvalue weighted by Gasteiger charge is -2.37. The molecule has 7 aliphatic rings. The Kier molecular flexibility index (Phi) is 12.8. The SMILES string of the molecule is CC(C)c1ncccc1-c1c2c3cc(ccc3n1CC(F)(F)F)-c1nc(co1)C[C@H](NC(=O)[C@H](C1CCCC1)N1CC[C@]3(CCN(C(=O)[C@@H]4N[C@@H]4C4CC4)C3)C1)C(=O)N1CCC[C@H](N1)C(=O)OCC(C)(C)C2. The second kappa shape index (κ2) is 18.9. The summed E-state index contributed by atoms with van der Waals surface area (Å²) in [5.41, 5.74) is 5.85. The fourth-order valence-electron chi connectivity index (χ4n) is 12.9. The minimum atomic E-state index is -4.56. The van der Waals surface area contributed by atoms with Crippen molar-refractivity contribution in [3.05, 3.63) is 59.7 Å². The molecule has 1 spiro atoms. The highest BCUT2D eigenvalue weighted by molar-refractivity contribution is 5.95. The number of fused-ring (bicyclic) bond motifs is 6. The maximum Gasteiger partial charge on any atom is 0.406 e. The first-order valence-electron chi connectivity index (χ1n) is 26.4. The topological polar surface area (TPSA) is 177 Å². The Balaban J connectivity index is 0.922. The van der Waals surface area contributed by atoms with Gasteiger partial charge in [-0.15, -0.1) is 0 Å². The molecule has 8 heterocycles. The molecule has 6 bridgehead atoms. The Morgan fingerprint density at radius 2 is 1.78 bits per heavy atom. The highest BCUT2D eigenvalue weighted by Crippen LogP contribution is 2.46. The number of hydrogen-bond acceptors (Lipinski definition) is 11. The summed E-state index contributed by atoms with van der Waals surface area (Å²) in [5, 5.41) is 8.63. The molecule has 5 aliphatic heterocycles. The molecule has 3 aromatic heterocycles. The normalized spacial score (nSPS) is 27.7. The van der Waals surface area contributed by atoms with Crippen LogP contribution in [0.15, 0.2) is 47.2 Å². The van der Waals surface area contributed by atoms with E-state index in [1.807, 2.05) is 38.7 Å². The number of hydrogen-bond donors (Lipinski definition) is 3. The van der Waals surface area contributed by atoms with Gasteiger partial charge in [-0.25, -0.2) is 10.4 Å². The fourth-order valence-corrected chi connectivity index (χ4v) is 12.9. The van der Waals surface area contributed by atoms with E-state index in [0.717, 1.165) is 51.6 Å². The van der Waals surface area contributed by atoms with Gasteiger partial charge in [-0.3, -0.25) is 39.4 Å². The largest absolute Gasteiger partial charge is 0.464 e. The third-order valence-corrected chi connectivity index (χ3v) is 16.7. The van der Waals surface area contributed by atoms with Crippen molar-refractivity contribution in [3.8, 4) is 22.7 Å². The molecule has 2 aliphatic carbocycles. The summed E-state index contributed by atoms with van der Waals surface area (Å²) in [5.74, 6) is -0.150. The van der Waals surface area contributed by atoms with E-state index >= 15 is 4.79 Å². The molecular weight excluding hydrogens is 928 g/mol. The van der Waals surface area contributed by atoms with E-state index in [1.54, 1.807) is 30.5 Å². The van der Waals surface area contributed by atoms with E-state index in [1.165, 1.54) is 28.7 Å². The zero-order valence-corrected chi connectivity index (χ0v) is 41.9. The number of benzene rings is 1. The molecule has 15 nitrogen and oxygen atoms in total. The summed E-state index contributed by atoms with van der Waals surface area (Å²) >= 11 is 0. The molecule has 3 amide bonds. The third kappa shape index (κ3) is 9.79. The first-order valence-corrected chi connectivity index (χ1v) is 26.4. The number of hydrazine groups is 1. The third-order valence-electron chi connectivity index (χ3n) is 16.7. The summed E-state index contributed by atoms with van der Waals surface area (Å²) in [6, 6.07) is 6.55. The number of carbonyl (C=O) groups excluding carboxylic acids is 4. The maximum atomic E-state index is 15.1. The van der Waals surface area contributed by atoms with Crippen LogP contribution in [0.25, 0.3) is 33.6 Å². The van der Waals surface area contributed by atoms with Crippen molar-refractivity contribution in [3.63, 3.8) is 0 Å². The maximum absolute atomic E-state index is 15.1. The van der Waals surface area contributed by atoms with Gasteiger partial charge in [-0.2, -0.15) is 13.2 Å². The second-order valence-electron chi connectivity index (χ2n) is 23.3. The zero-order chi connectivity index (χ0) is 50.3. The summed E-state index contributed by atoms with van der Waals surface area (Å²) in [4.78, 5) is 71.4. The smallest absolute Gasteiger partial charge is 0.406 e. The first-order chi connectivity index (χ1) is 34.4. The molecule has 6 atom stereocenters. The zero-order valence-electron chi connectivity index (χ0n) is 41.9. The van der Waals surface area contributed by atoms with Crippen LogP contribution in [0.3, 0.4) is 0 Å². The molecule has 2 saturated carbocycles. The number of likely N-dealkylation sites (tertiary alicyclic amines) is 2. The number of alkyl halides is 3. The Hall–Kier alpha value is -5.33. The van der Waals surface area contributed by atoms with Gasteiger partial charge in [0.2, 0.25) is 17.7 Å². The quantitative estimate of drug-likeness (QED) is 0.117. The van der Waals surface area contributed by atoms with Crippen molar-refractivity contribution in [1.82, 2.24) is 45.4 Å². The van der Waals surface area contributed by atoms with Gasteiger partial charge in [0.1, 0.15) is 30.9 Å². The number of halogens is 3. The van der Waals surface area contributed by atoms with Crippen LogP contribution in [0.4, 0.5) is 13.2 Å². The average molecular weight is 996 g/mol. The van der Waals surface area contributed by atoms with E-state index in [2.05, 4.69) is 25.9 Å². The predicted octanol–water partition coefficient (Wildman–Crippen LogP) is 6.93. The van der Waals surface area contributed by atoms with Gasteiger partial charge < -0.3 is 23.9 Å². The van der Waals surface area contributed by atoms with Crippen LogP contribution in [-0.4, -0.2) is 129 Å². The van der Waals surface area contributed by atoms with Gasteiger partial charge in [0.05, 0.1) is 29.7 Å². The Bertz CT molecular complexity index is 2740. The van der Waals surface area contributed by atoms with E-state index in [9.17, 15) is 27.6 Å². The number of esters is 1. The molecule has 1 aromatic carbocycles. The number of nitrogens with one attached hydrogen (secondary N) is 3. The number of ether oxygens (including phenoxy) is 1. The molecule has 386 valence electrons. The van der Waals surface area contributed by atoms with Crippen molar-refractivity contribution >= 4 is 34.6 Å². The van der Waals surface area contributed by atoms with E-state index < -0.39 is 48.1 Å².